The quantitative estimate of drug-likeness (QED) is 0.764. The van der Waals surface area contributed by atoms with Gasteiger partial charge in [0, 0.05) is 11.8 Å². The smallest absolute Gasteiger partial charge is 0.379 e. The molecule has 0 aliphatic heterocycles. The van der Waals surface area contributed by atoms with Crippen molar-refractivity contribution < 1.29 is 18.3 Å². The van der Waals surface area contributed by atoms with Crippen molar-refractivity contribution in [2.24, 2.45) is 0 Å². The maximum Gasteiger partial charge on any atom is 0.418 e. The highest BCUT2D eigenvalue weighted by Gasteiger charge is 2.41. The summed E-state index contributed by atoms with van der Waals surface area (Å²) >= 11 is 5.65. The Labute approximate surface area is 92.1 Å². The van der Waals surface area contributed by atoms with Crippen LogP contribution in [0.4, 0.5) is 13.2 Å². The second kappa shape index (κ2) is 3.60. The first-order chi connectivity index (χ1) is 7.41. The number of hydrogen-bond acceptors (Lipinski definition) is 3. The largest absolute Gasteiger partial charge is 0.418 e. The molecule has 0 aliphatic rings. The van der Waals surface area contributed by atoms with Gasteiger partial charge in [-0.05, 0) is 0 Å². The lowest BCUT2D eigenvalue weighted by Gasteiger charge is -2.13. The van der Waals surface area contributed by atoms with Crippen LogP contribution in [0.3, 0.4) is 0 Å². The number of nitrogens with zero attached hydrogens (tertiary/aromatic N) is 2. The molecule has 0 unspecified atom stereocenters. The van der Waals surface area contributed by atoms with Crippen LogP contribution in [0, 0.1) is 0 Å². The van der Waals surface area contributed by atoms with Gasteiger partial charge in [-0.3, -0.25) is 0 Å². The van der Waals surface area contributed by atoms with Crippen LogP contribution in [0.1, 0.15) is 11.7 Å². The van der Waals surface area contributed by atoms with E-state index in [4.69, 9.17) is 16.7 Å². The summed E-state index contributed by atoms with van der Waals surface area (Å²) in [6.45, 7) is 0. The van der Waals surface area contributed by atoms with E-state index in [1.54, 1.807) is 0 Å². The lowest BCUT2D eigenvalue weighted by molar-refractivity contribution is -0.206. The summed E-state index contributed by atoms with van der Waals surface area (Å²) in [5.41, 5.74) is -0.230. The Morgan fingerprint density at radius 2 is 2.06 bits per heavy atom. The highest BCUT2D eigenvalue weighted by atomic mass is 35.5. The fourth-order valence-corrected chi connectivity index (χ4v) is 1.58. The van der Waals surface area contributed by atoms with Gasteiger partial charge in [0.15, 0.2) is 6.10 Å². The van der Waals surface area contributed by atoms with E-state index in [-0.39, 0.29) is 21.7 Å². The molecule has 0 bridgehead atoms. The van der Waals surface area contributed by atoms with Gasteiger partial charge in [0.1, 0.15) is 17.1 Å². The second-order valence-electron chi connectivity index (χ2n) is 3.08. The van der Waals surface area contributed by atoms with Crippen LogP contribution < -0.4 is 0 Å². The van der Waals surface area contributed by atoms with Crippen molar-refractivity contribution in [3.63, 3.8) is 0 Å². The van der Waals surface area contributed by atoms with Gasteiger partial charge in [-0.15, -0.1) is 0 Å². The third-order valence-electron chi connectivity index (χ3n) is 2.06. The number of aliphatic hydroxyl groups excluding tert-OH is 1. The fourth-order valence-electron chi connectivity index (χ4n) is 1.34. The highest BCUT2D eigenvalue weighted by molar-refractivity contribution is 6.34. The monoisotopic (exact) mass is 251 g/mol. The van der Waals surface area contributed by atoms with Gasteiger partial charge in [-0.2, -0.15) is 13.2 Å². The number of halogens is 4. The van der Waals surface area contributed by atoms with Crippen LogP contribution >= 0.6 is 11.6 Å². The standard InChI is InChI=1S/C8H5ClF3N3O/c9-6-4-3(5(16)8(10,11)12)1-13-7(4)15-2-14-6/h1-2,5,16H,(H,13,14,15)/t5-/m1/s1. The Hall–Kier alpha value is -1.34. The zero-order valence-corrected chi connectivity index (χ0v) is 8.34. The molecule has 0 aliphatic carbocycles. The fraction of sp³-hybridized carbons (Fsp3) is 0.250. The SMILES string of the molecule is O[C@H](c1c[nH]c2ncnc(Cl)c12)C(F)(F)F. The minimum Gasteiger partial charge on any atom is -0.379 e. The van der Waals surface area contributed by atoms with E-state index in [1.807, 2.05) is 0 Å². The summed E-state index contributed by atoms with van der Waals surface area (Å²) in [5, 5.41) is 8.96. The van der Waals surface area contributed by atoms with E-state index in [1.165, 1.54) is 0 Å². The highest BCUT2D eigenvalue weighted by Crippen LogP contribution is 2.37. The molecule has 0 radical (unpaired) electrons. The molecule has 2 aromatic rings. The van der Waals surface area contributed by atoms with Crippen molar-refractivity contribution in [2.75, 3.05) is 0 Å². The van der Waals surface area contributed by atoms with Crippen molar-refractivity contribution in [3.8, 4) is 0 Å². The first-order valence-corrected chi connectivity index (χ1v) is 4.51. The van der Waals surface area contributed by atoms with Gasteiger partial charge in [0.2, 0.25) is 0 Å². The van der Waals surface area contributed by atoms with Crippen molar-refractivity contribution >= 4 is 22.6 Å². The van der Waals surface area contributed by atoms with Crippen molar-refractivity contribution in [1.29, 1.82) is 0 Å². The Morgan fingerprint density at radius 3 is 2.69 bits per heavy atom. The number of hydrogen-bond donors (Lipinski definition) is 2. The van der Waals surface area contributed by atoms with Crippen molar-refractivity contribution in [2.45, 2.75) is 12.3 Å². The second-order valence-corrected chi connectivity index (χ2v) is 3.43. The molecule has 0 amide bonds. The average molecular weight is 252 g/mol. The molecule has 8 heteroatoms. The Kier molecular flexibility index (Phi) is 2.51. The first kappa shape index (κ1) is 11.2. The van der Waals surface area contributed by atoms with E-state index in [0.29, 0.717) is 0 Å². The molecule has 16 heavy (non-hydrogen) atoms. The van der Waals surface area contributed by atoms with E-state index in [2.05, 4.69) is 15.0 Å². The van der Waals surface area contributed by atoms with E-state index < -0.39 is 12.3 Å². The molecule has 86 valence electrons. The number of aliphatic hydroxyl groups is 1. The summed E-state index contributed by atoms with van der Waals surface area (Å²) in [4.78, 5) is 9.74. The molecule has 4 nitrogen and oxygen atoms in total. The molecule has 1 atom stereocenters. The van der Waals surface area contributed by atoms with E-state index in [9.17, 15) is 13.2 Å². The van der Waals surface area contributed by atoms with E-state index in [0.717, 1.165) is 12.5 Å². The number of aromatic amines is 1. The molecule has 0 saturated carbocycles. The Bertz CT molecular complexity index is 525. The Morgan fingerprint density at radius 1 is 1.38 bits per heavy atom. The summed E-state index contributed by atoms with van der Waals surface area (Å²) in [7, 11) is 0. The molecular weight excluding hydrogens is 247 g/mol. The molecule has 0 aromatic carbocycles. The topological polar surface area (TPSA) is 61.8 Å². The minimum atomic E-state index is -4.76. The van der Waals surface area contributed by atoms with Crippen molar-refractivity contribution in [3.05, 3.63) is 23.2 Å². The molecule has 0 fully saturated rings. The number of nitrogens with one attached hydrogen (secondary N) is 1. The van der Waals surface area contributed by atoms with Crippen molar-refractivity contribution in [1.82, 2.24) is 15.0 Å². The van der Waals surface area contributed by atoms with Crippen LogP contribution in [-0.2, 0) is 0 Å². The lowest BCUT2D eigenvalue weighted by Crippen LogP contribution is -2.19. The summed E-state index contributed by atoms with van der Waals surface area (Å²) in [5.74, 6) is 0. The van der Waals surface area contributed by atoms with Gasteiger partial charge < -0.3 is 10.1 Å². The predicted molar refractivity (Wildman–Crippen MR) is 49.9 cm³/mol. The van der Waals surface area contributed by atoms with Gasteiger partial charge in [0.25, 0.3) is 0 Å². The van der Waals surface area contributed by atoms with Gasteiger partial charge in [-0.25, -0.2) is 9.97 Å². The zero-order valence-electron chi connectivity index (χ0n) is 7.59. The molecule has 2 rings (SSSR count). The molecule has 2 aromatic heterocycles. The summed E-state index contributed by atoms with van der Waals surface area (Å²) in [6, 6.07) is 0. The Balaban J connectivity index is 2.62. The number of H-pyrrole nitrogens is 1. The van der Waals surface area contributed by atoms with Crippen LogP contribution in [0.2, 0.25) is 5.15 Å². The van der Waals surface area contributed by atoms with Gasteiger partial charge in [0.05, 0.1) is 5.39 Å². The number of aromatic nitrogens is 3. The first-order valence-electron chi connectivity index (χ1n) is 4.13. The lowest BCUT2D eigenvalue weighted by atomic mass is 10.1. The van der Waals surface area contributed by atoms with Gasteiger partial charge >= 0.3 is 6.18 Å². The van der Waals surface area contributed by atoms with Crippen LogP contribution in [0.15, 0.2) is 12.5 Å². The average Bonchev–Trinajstić information content (AvgIpc) is 2.60. The zero-order chi connectivity index (χ0) is 11.9. The van der Waals surface area contributed by atoms with Crippen LogP contribution in [0.5, 0.6) is 0 Å². The van der Waals surface area contributed by atoms with Crippen LogP contribution in [-0.4, -0.2) is 26.2 Å². The third kappa shape index (κ3) is 1.72. The predicted octanol–water partition coefficient (Wildman–Crippen LogP) is 2.21. The minimum absolute atomic E-state index is 0.0195. The normalized spacial score (nSPS) is 14.3. The molecule has 0 saturated heterocycles. The molecule has 0 spiro atoms. The third-order valence-corrected chi connectivity index (χ3v) is 2.35. The number of rotatable bonds is 1. The molecular formula is C8H5ClF3N3O. The molecule has 2 heterocycles. The maximum atomic E-state index is 12.3. The summed E-state index contributed by atoms with van der Waals surface area (Å²) in [6.07, 6.45) is -5.23. The van der Waals surface area contributed by atoms with Gasteiger partial charge in [-0.1, -0.05) is 11.6 Å². The summed E-state index contributed by atoms with van der Waals surface area (Å²) < 4.78 is 37.0. The van der Waals surface area contributed by atoms with Crippen LogP contribution in [0.25, 0.3) is 11.0 Å². The maximum absolute atomic E-state index is 12.3. The number of alkyl halides is 3. The number of fused-ring (bicyclic) bond motifs is 1. The van der Waals surface area contributed by atoms with E-state index >= 15 is 0 Å². The molecule has 2 N–H and O–H groups in total.